The summed E-state index contributed by atoms with van der Waals surface area (Å²) in [6.07, 6.45) is 1.76. The molecule has 1 aromatic heterocycles. The second kappa shape index (κ2) is 10.9. The molecule has 3 rings (SSSR count). The Morgan fingerprint density at radius 3 is 2.52 bits per heavy atom. The van der Waals surface area contributed by atoms with Gasteiger partial charge in [-0.05, 0) is 54.3 Å². The molecule has 2 N–H and O–H groups in total. The fourth-order valence-corrected chi connectivity index (χ4v) is 3.26. The molecule has 3 aromatic rings. The molecule has 0 saturated carbocycles. The molecule has 33 heavy (non-hydrogen) atoms. The maximum absolute atomic E-state index is 13.0. The number of carbonyl (C=O) groups excluding carboxylic acids is 2. The number of carbonyl (C=O) groups is 2. The van der Waals surface area contributed by atoms with Crippen molar-refractivity contribution in [3.63, 3.8) is 0 Å². The van der Waals surface area contributed by atoms with E-state index in [2.05, 4.69) is 15.6 Å². The number of nitriles is 1. The number of amides is 2. The van der Waals surface area contributed by atoms with Gasteiger partial charge in [0.25, 0.3) is 0 Å². The molecule has 0 aliphatic carbocycles. The molecule has 0 radical (unpaired) electrons. The van der Waals surface area contributed by atoms with Crippen LogP contribution in [0.3, 0.4) is 0 Å². The Kier molecular flexibility index (Phi) is 7.77. The highest BCUT2D eigenvalue weighted by molar-refractivity contribution is 5.98. The highest BCUT2D eigenvalue weighted by Gasteiger charge is 2.24. The second-order valence-corrected chi connectivity index (χ2v) is 7.99. The number of anilines is 1. The molecule has 7 nitrogen and oxygen atoms in total. The second-order valence-electron chi connectivity index (χ2n) is 7.99. The quantitative estimate of drug-likeness (QED) is 0.539. The average Bonchev–Trinajstić information content (AvgIpc) is 2.80. The van der Waals surface area contributed by atoms with Crippen LogP contribution in [-0.4, -0.2) is 22.8 Å². The number of nitrogens with zero attached hydrogens (tertiary/aromatic N) is 2. The lowest BCUT2D eigenvalue weighted by atomic mass is 10.0. The first kappa shape index (κ1) is 23.5. The summed E-state index contributed by atoms with van der Waals surface area (Å²) in [5.41, 5.74) is 2.60. The minimum atomic E-state index is -0.678. The fourth-order valence-electron chi connectivity index (χ4n) is 3.26. The minimum absolute atomic E-state index is 0.0961. The lowest BCUT2D eigenvalue weighted by molar-refractivity contribution is -0.127. The monoisotopic (exact) mass is 442 g/mol. The van der Waals surface area contributed by atoms with Gasteiger partial charge in [-0.2, -0.15) is 5.26 Å². The molecule has 0 spiro atoms. The van der Waals surface area contributed by atoms with Crippen molar-refractivity contribution in [2.45, 2.75) is 33.2 Å². The van der Waals surface area contributed by atoms with Crippen LogP contribution in [0.25, 0.3) is 0 Å². The van der Waals surface area contributed by atoms with Crippen LogP contribution in [0.4, 0.5) is 5.69 Å². The molecule has 2 aromatic carbocycles. The Hall–Kier alpha value is -4.18. The predicted octanol–water partition coefficient (Wildman–Crippen LogP) is 4.38. The zero-order chi connectivity index (χ0) is 23.8. The van der Waals surface area contributed by atoms with E-state index in [-0.39, 0.29) is 30.0 Å². The number of rotatable bonds is 8. The van der Waals surface area contributed by atoms with Crippen LogP contribution in [0.15, 0.2) is 66.9 Å². The Bertz CT molecular complexity index is 1170. The van der Waals surface area contributed by atoms with Gasteiger partial charge in [-0.15, -0.1) is 0 Å². The number of hydrogen-bond donors (Lipinski definition) is 2. The van der Waals surface area contributed by atoms with Gasteiger partial charge in [-0.25, -0.2) is 4.98 Å². The van der Waals surface area contributed by atoms with Crippen molar-refractivity contribution in [1.29, 1.82) is 5.26 Å². The van der Waals surface area contributed by atoms with Crippen LogP contribution in [-0.2, 0) is 16.0 Å². The normalized spacial score (nSPS) is 11.4. The standard InChI is InChI=1S/C26H26N4O3/c1-17(2)24(30-23(31)15-19-8-5-4-6-9-19)25(32)29-22-12-11-21(14-18(22)3)33-26-20(16-27)10-7-13-28-26/h4-14,17,24H,15H2,1-3H3,(H,29,32)(H,30,31). The van der Waals surface area contributed by atoms with E-state index in [0.717, 1.165) is 11.1 Å². The topological polar surface area (TPSA) is 104 Å². The highest BCUT2D eigenvalue weighted by Crippen LogP contribution is 2.27. The first-order valence-corrected chi connectivity index (χ1v) is 10.6. The fraction of sp³-hybridized carbons (Fsp3) is 0.231. The first-order valence-electron chi connectivity index (χ1n) is 10.6. The van der Waals surface area contributed by atoms with Crippen LogP contribution in [0, 0.1) is 24.2 Å². The molecule has 1 atom stereocenters. The minimum Gasteiger partial charge on any atom is -0.438 e. The molecule has 0 aliphatic rings. The Balaban J connectivity index is 1.67. The van der Waals surface area contributed by atoms with E-state index >= 15 is 0 Å². The summed E-state index contributed by atoms with van der Waals surface area (Å²) in [5.74, 6) is 0.120. The van der Waals surface area contributed by atoms with Gasteiger partial charge >= 0.3 is 0 Å². The summed E-state index contributed by atoms with van der Waals surface area (Å²) in [6, 6.07) is 19.2. The van der Waals surface area contributed by atoms with Crippen molar-refractivity contribution >= 4 is 17.5 Å². The first-order chi connectivity index (χ1) is 15.9. The summed E-state index contributed by atoms with van der Waals surface area (Å²) in [7, 11) is 0. The van der Waals surface area contributed by atoms with E-state index in [9.17, 15) is 14.9 Å². The SMILES string of the molecule is Cc1cc(Oc2ncccc2C#N)ccc1NC(=O)C(NC(=O)Cc1ccccc1)C(C)C. The average molecular weight is 443 g/mol. The van der Waals surface area contributed by atoms with E-state index in [0.29, 0.717) is 17.0 Å². The van der Waals surface area contributed by atoms with Crippen molar-refractivity contribution in [1.82, 2.24) is 10.3 Å². The molecule has 0 saturated heterocycles. The van der Waals surface area contributed by atoms with Gasteiger partial charge in [0.15, 0.2) is 0 Å². The third-order valence-corrected chi connectivity index (χ3v) is 5.04. The van der Waals surface area contributed by atoms with Gasteiger partial charge in [0.1, 0.15) is 23.4 Å². The Morgan fingerprint density at radius 1 is 1.09 bits per heavy atom. The molecule has 1 unspecified atom stereocenters. The van der Waals surface area contributed by atoms with Crippen molar-refractivity contribution in [3.8, 4) is 17.7 Å². The molecular weight excluding hydrogens is 416 g/mol. The number of pyridine rings is 1. The van der Waals surface area contributed by atoms with Gasteiger partial charge in [0.05, 0.1) is 6.42 Å². The summed E-state index contributed by atoms with van der Waals surface area (Å²) in [4.78, 5) is 29.5. The molecule has 0 fully saturated rings. The van der Waals surface area contributed by atoms with Crippen molar-refractivity contribution in [2.24, 2.45) is 5.92 Å². The van der Waals surface area contributed by atoms with Gasteiger partial charge in [-0.1, -0.05) is 44.2 Å². The van der Waals surface area contributed by atoms with Crippen molar-refractivity contribution < 1.29 is 14.3 Å². The van der Waals surface area contributed by atoms with E-state index in [1.807, 2.05) is 57.2 Å². The smallest absolute Gasteiger partial charge is 0.247 e. The van der Waals surface area contributed by atoms with Crippen LogP contribution in [0.2, 0.25) is 0 Å². The molecule has 7 heteroatoms. The summed E-state index contributed by atoms with van der Waals surface area (Å²) in [5, 5.41) is 14.9. The largest absolute Gasteiger partial charge is 0.438 e. The molecule has 168 valence electrons. The van der Waals surface area contributed by atoms with Crippen molar-refractivity contribution in [3.05, 3.63) is 83.6 Å². The molecule has 0 aliphatic heterocycles. The predicted molar refractivity (Wildman–Crippen MR) is 126 cm³/mol. The van der Waals surface area contributed by atoms with Crippen LogP contribution >= 0.6 is 0 Å². The van der Waals surface area contributed by atoms with E-state index in [1.165, 1.54) is 0 Å². The zero-order valence-corrected chi connectivity index (χ0v) is 18.8. The summed E-state index contributed by atoms with van der Waals surface area (Å²) >= 11 is 0. The van der Waals surface area contributed by atoms with Crippen molar-refractivity contribution in [2.75, 3.05) is 5.32 Å². The van der Waals surface area contributed by atoms with Gasteiger partial charge in [0, 0.05) is 11.9 Å². The zero-order valence-electron chi connectivity index (χ0n) is 18.8. The van der Waals surface area contributed by atoms with E-state index in [1.54, 1.807) is 36.5 Å². The van der Waals surface area contributed by atoms with Crippen LogP contribution in [0.5, 0.6) is 11.6 Å². The third-order valence-electron chi connectivity index (χ3n) is 5.04. The number of benzene rings is 2. The number of aryl methyl sites for hydroxylation is 1. The van der Waals surface area contributed by atoms with Gasteiger partial charge < -0.3 is 15.4 Å². The number of ether oxygens (including phenoxy) is 1. The van der Waals surface area contributed by atoms with E-state index in [4.69, 9.17) is 4.74 Å². The number of aromatic nitrogens is 1. The number of hydrogen-bond acceptors (Lipinski definition) is 5. The molecule has 1 heterocycles. The van der Waals surface area contributed by atoms with Crippen LogP contribution < -0.4 is 15.4 Å². The Morgan fingerprint density at radius 2 is 1.85 bits per heavy atom. The summed E-state index contributed by atoms with van der Waals surface area (Å²) < 4.78 is 5.73. The lowest BCUT2D eigenvalue weighted by Gasteiger charge is -2.22. The molecular formula is C26H26N4O3. The maximum Gasteiger partial charge on any atom is 0.247 e. The molecule has 2 amide bonds. The van der Waals surface area contributed by atoms with Gasteiger partial charge in [0.2, 0.25) is 17.7 Å². The van der Waals surface area contributed by atoms with E-state index < -0.39 is 6.04 Å². The van der Waals surface area contributed by atoms with Crippen LogP contribution in [0.1, 0.15) is 30.5 Å². The Labute approximate surface area is 193 Å². The lowest BCUT2D eigenvalue weighted by Crippen LogP contribution is -2.47. The van der Waals surface area contributed by atoms with Gasteiger partial charge in [-0.3, -0.25) is 9.59 Å². The molecule has 0 bridgehead atoms. The highest BCUT2D eigenvalue weighted by atomic mass is 16.5. The maximum atomic E-state index is 13.0. The summed E-state index contributed by atoms with van der Waals surface area (Å²) in [6.45, 7) is 5.61. The number of nitrogens with one attached hydrogen (secondary N) is 2. The third kappa shape index (κ3) is 6.40.